The van der Waals surface area contributed by atoms with Crippen molar-refractivity contribution in [1.29, 1.82) is 0 Å². The second-order valence-electron chi connectivity index (χ2n) is 2.93. The zero-order valence-electron chi connectivity index (χ0n) is 8.03. The van der Waals surface area contributed by atoms with Gasteiger partial charge in [0.25, 0.3) is 0 Å². The molecule has 0 aliphatic heterocycles. The third-order valence-electron chi connectivity index (χ3n) is 1.77. The summed E-state index contributed by atoms with van der Waals surface area (Å²) in [6, 6.07) is 2.09. The molecule has 17 heavy (non-hydrogen) atoms. The summed E-state index contributed by atoms with van der Waals surface area (Å²) < 4.78 is 28.3. The van der Waals surface area contributed by atoms with E-state index in [0.717, 1.165) is 12.1 Å². The number of halogens is 4. The number of aliphatic hydroxyl groups excluding tert-OH is 1. The molecule has 0 saturated carbocycles. The molecule has 0 spiro atoms. The lowest BCUT2D eigenvalue weighted by Crippen LogP contribution is -2.14. The number of ether oxygens (including phenoxy) is 1. The van der Waals surface area contributed by atoms with Gasteiger partial charge in [-0.1, -0.05) is 23.2 Å². The predicted molar refractivity (Wildman–Crippen MR) is 55.7 cm³/mol. The van der Waals surface area contributed by atoms with E-state index < -0.39 is 30.0 Å². The summed E-state index contributed by atoms with van der Waals surface area (Å²) in [6.07, 6.45) is -2.06. The number of aliphatic carboxylic acids is 1. The standard InChI is InChI=1S/C9H6Cl2F2O4/c10-3-1-4(6(14)8(15)16)7(5(11)2-3)17-9(12)13/h1-2,6,9,14H,(H,15,16)/t6-/m0/s1. The van der Waals surface area contributed by atoms with Crippen LogP contribution in [0.4, 0.5) is 8.78 Å². The molecular weight excluding hydrogens is 281 g/mol. The first kappa shape index (κ1) is 14.0. The molecule has 2 N–H and O–H groups in total. The highest BCUT2D eigenvalue weighted by Gasteiger charge is 2.25. The van der Waals surface area contributed by atoms with E-state index in [2.05, 4.69) is 4.74 Å². The van der Waals surface area contributed by atoms with Crippen LogP contribution in [0.15, 0.2) is 12.1 Å². The Kier molecular flexibility index (Phi) is 4.50. The molecule has 0 amide bonds. The molecule has 0 aliphatic rings. The van der Waals surface area contributed by atoms with Gasteiger partial charge in [-0.05, 0) is 12.1 Å². The van der Waals surface area contributed by atoms with E-state index in [1.54, 1.807) is 0 Å². The zero-order chi connectivity index (χ0) is 13.2. The first-order valence-electron chi connectivity index (χ1n) is 4.17. The quantitative estimate of drug-likeness (QED) is 0.893. The van der Waals surface area contributed by atoms with Crippen LogP contribution in [-0.2, 0) is 4.79 Å². The van der Waals surface area contributed by atoms with Crippen LogP contribution in [0.25, 0.3) is 0 Å². The normalized spacial score (nSPS) is 12.6. The van der Waals surface area contributed by atoms with Gasteiger partial charge in [0.2, 0.25) is 0 Å². The maximum atomic E-state index is 12.1. The van der Waals surface area contributed by atoms with E-state index in [1.165, 1.54) is 0 Å². The summed E-state index contributed by atoms with van der Waals surface area (Å²) in [4.78, 5) is 10.6. The van der Waals surface area contributed by atoms with Crippen molar-refractivity contribution >= 4 is 29.2 Å². The van der Waals surface area contributed by atoms with Crippen molar-refractivity contribution in [2.24, 2.45) is 0 Å². The highest BCUT2D eigenvalue weighted by atomic mass is 35.5. The monoisotopic (exact) mass is 286 g/mol. The number of carbonyl (C=O) groups is 1. The smallest absolute Gasteiger partial charge is 0.387 e. The fourth-order valence-electron chi connectivity index (χ4n) is 1.13. The van der Waals surface area contributed by atoms with E-state index in [9.17, 15) is 18.7 Å². The Morgan fingerprint density at radius 2 is 1.94 bits per heavy atom. The van der Waals surface area contributed by atoms with Gasteiger partial charge in [-0.15, -0.1) is 0 Å². The van der Waals surface area contributed by atoms with Crippen molar-refractivity contribution in [3.8, 4) is 5.75 Å². The second kappa shape index (κ2) is 5.48. The van der Waals surface area contributed by atoms with Gasteiger partial charge in [-0.3, -0.25) is 0 Å². The summed E-state index contributed by atoms with van der Waals surface area (Å²) >= 11 is 11.2. The van der Waals surface area contributed by atoms with Gasteiger partial charge < -0.3 is 14.9 Å². The Balaban J connectivity index is 3.29. The lowest BCUT2D eigenvalue weighted by molar-refractivity contribution is -0.147. The highest BCUT2D eigenvalue weighted by Crippen LogP contribution is 2.37. The molecule has 0 bridgehead atoms. The number of aliphatic hydroxyl groups is 1. The molecular formula is C9H6Cl2F2O4. The molecule has 4 nitrogen and oxygen atoms in total. The van der Waals surface area contributed by atoms with E-state index in [1.807, 2.05) is 0 Å². The van der Waals surface area contributed by atoms with Crippen molar-refractivity contribution in [3.63, 3.8) is 0 Å². The maximum absolute atomic E-state index is 12.1. The average molecular weight is 287 g/mol. The topological polar surface area (TPSA) is 66.8 Å². The van der Waals surface area contributed by atoms with Gasteiger partial charge in [-0.25, -0.2) is 4.79 Å². The maximum Gasteiger partial charge on any atom is 0.387 e. The summed E-state index contributed by atoms with van der Waals surface area (Å²) in [5.41, 5.74) is -0.435. The first-order chi connectivity index (χ1) is 7.82. The lowest BCUT2D eigenvalue weighted by atomic mass is 10.1. The minimum atomic E-state index is -3.20. The van der Waals surface area contributed by atoms with E-state index in [0.29, 0.717) is 0 Å². The molecule has 0 radical (unpaired) electrons. The molecule has 0 aromatic heterocycles. The molecule has 0 heterocycles. The van der Waals surface area contributed by atoms with Gasteiger partial charge in [0, 0.05) is 10.6 Å². The minimum Gasteiger partial charge on any atom is -0.479 e. The van der Waals surface area contributed by atoms with Crippen LogP contribution in [0.3, 0.4) is 0 Å². The second-order valence-corrected chi connectivity index (χ2v) is 3.77. The average Bonchev–Trinajstić information content (AvgIpc) is 2.20. The van der Waals surface area contributed by atoms with Crippen LogP contribution in [0.2, 0.25) is 10.0 Å². The van der Waals surface area contributed by atoms with Crippen LogP contribution in [-0.4, -0.2) is 22.8 Å². The van der Waals surface area contributed by atoms with Crippen molar-refractivity contribution in [3.05, 3.63) is 27.7 Å². The molecule has 1 atom stereocenters. The van der Waals surface area contributed by atoms with E-state index in [4.69, 9.17) is 28.3 Å². The lowest BCUT2D eigenvalue weighted by Gasteiger charge is -2.14. The molecule has 0 aliphatic carbocycles. The van der Waals surface area contributed by atoms with Crippen LogP contribution in [0, 0.1) is 0 Å². The molecule has 0 fully saturated rings. The number of hydrogen-bond donors (Lipinski definition) is 2. The van der Waals surface area contributed by atoms with Crippen molar-refractivity contribution in [2.45, 2.75) is 12.7 Å². The molecule has 8 heteroatoms. The SMILES string of the molecule is O=C(O)[C@@H](O)c1cc(Cl)cc(Cl)c1OC(F)F. The number of hydrogen-bond acceptors (Lipinski definition) is 3. The Hall–Kier alpha value is -1.11. The fraction of sp³-hybridized carbons (Fsp3) is 0.222. The van der Waals surface area contributed by atoms with Crippen molar-refractivity contribution in [1.82, 2.24) is 0 Å². The largest absolute Gasteiger partial charge is 0.479 e. The fourth-order valence-corrected chi connectivity index (χ4v) is 1.68. The Bertz CT molecular complexity index is 439. The van der Waals surface area contributed by atoms with E-state index >= 15 is 0 Å². The van der Waals surface area contributed by atoms with Crippen LogP contribution in [0.1, 0.15) is 11.7 Å². The van der Waals surface area contributed by atoms with E-state index in [-0.39, 0.29) is 10.0 Å². The van der Waals surface area contributed by atoms with Gasteiger partial charge in [0.15, 0.2) is 11.9 Å². The predicted octanol–water partition coefficient (Wildman–Crippen LogP) is 2.71. The Morgan fingerprint density at radius 3 is 2.41 bits per heavy atom. The van der Waals surface area contributed by atoms with Crippen molar-refractivity contribution < 1.29 is 28.5 Å². The van der Waals surface area contributed by atoms with Gasteiger partial charge in [0.05, 0.1) is 5.02 Å². The Morgan fingerprint density at radius 1 is 1.35 bits per heavy atom. The van der Waals surface area contributed by atoms with Crippen LogP contribution in [0.5, 0.6) is 5.75 Å². The van der Waals surface area contributed by atoms with Crippen molar-refractivity contribution in [2.75, 3.05) is 0 Å². The number of rotatable bonds is 4. The number of carboxylic acid groups (broad SMARTS) is 1. The Labute approximate surface area is 104 Å². The van der Waals surface area contributed by atoms with Crippen LogP contribution < -0.4 is 4.74 Å². The summed E-state index contributed by atoms with van der Waals surface area (Å²) in [6.45, 7) is -3.20. The molecule has 0 unspecified atom stereocenters. The molecule has 94 valence electrons. The highest BCUT2D eigenvalue weighted by molar-refractivity contribution is 6.35. The number of benzene rings is 1. The first-order valence-corrected chi connectivity index (χ1v) is 4.93. The summed E-state index contributed by atoms with van der Waals surface area (Å²) in [5, 5.41) is 17.6. The van der Waals surface area contributed by atoms with Gasteiger partial charge in [0.1, 0.15) is 0 Å². The molecule has 1 rings (SSSR count). The third-order valence-corrected chi connectivity index (χ3v) is 2.27. The summed E-state index contributed by atoms with van der Waals surface area (Å²) in [5.74, 6) is -2.25. The minimum absolute atomic E-state index is 0.00748. The number of alkyl halides is 2. The molecule has 1 aromatic carbocycles. The molecule has 1 aromatic rings. The number of carboxylic acids is 1. The van der Waals surface area contributed by atoms with Crippen LogP contribution >= 0.6 is 23.2 Å². The summed E-state index contributed by atoms with van der Waals surface area (Å²) in [7, 11) is 0. The van der Waals surface area contributed by atoms with Gasteiger partial charge in [-0.2, -0.15) is 8.78 Å². The third kappa shape index (κ3) is 3.42. The van der Waals surface area contributed by atoms with Gasteiger partial charge >= 0.3 is 12.6 Å². The molecule has 0 saturated heterocycles. The zero-order valence-corrected chi connectivity index (χ0v) is 9.54.